The molecule has 0 aliphatic carbocycles. The highest BCUT2D eigenvalue weighted by molar-refractivity contribution is 5.73. The normalized spacial score (nSPS) is 17.9. The molecule has 1 aliphatic heterocycles. The maximum Gasteiger partial charge on any atom is 0.181 e. The Kier molecular flexibility index (Phi) is 2.70. The Morgan fingerprint density at radius 3 is 2.86 bits per heavy atom. The van der Waals surface area contributed by atoms with Gasteiger partial charge in [0.25, 0.3) is 0 Å². The zero-order valence-electron chi connectivity index (χ0n) is 12.1. The summed E-state index contributed by atoms with van der Waals surface area (Å²) in [5.74, 6) is 1.46. The summed E-state index contributed by atoms with van der Waals surface area (Å²) in [4.78, 5) is 22.4. The average molecular weight is 280 g/mol. The van der Waals surface area contributed by atoms with Gasteiger partial charge in [-0.2, -0.15) is 0 Å². The molecular formula is C15H16N6. The van der Waals surface area contributed by atoms with Gasteiger partial charge in [-0.3, -0.25) is 0 Å². The predicted octanol–water partition coefficient (Wildman–Crippen LogP) is 1.96. The molecule has 21 heavy (non-hydrogen) atoms. The zero-order valence-corrected chi connectivity index (χ0v) is 12.1. The first-order valence-electron chi connectivity index (χ1n) is 7.18. The van der Waals surface area contributed by atoms with Crippen LogP contribution < -0.4 is 0 Å². The number of rotatable bonds is 1. The molecule has 0 aromatic carbocycles. The van der Waals surface area contributed by atoms with E-state index in [1.807, 2.05) is 26.2 Å². The zero-order chi connectivity index (χ0) is 14.4. The van der Waals surface area contributed by atoms with E-state index in [1.54, 1.807) is 6.33 Å². The van der Waals surface area contributed by atoms with Gasteiger partial charge in [0.1, 0.15) is 17.7 Å². The topological polar surface area (TPSA) is 69.4 Å². The fraction of sp³-hybridized carbons (Fsp3) is 0.400. The maximum absolute atomic E-state index is 4.68. The summed E-state index contributed by atoms with van der Waals surface area (Å²) in [7, 11) is 0. The highest BCUT2D eigenvalue weighted by atomic mass is 15.1. The van der Waals surface area contributed by atoms with Crippen molar-refractivity contribution in [3.63, 3.8) is 0 Å². The van der Waals surface area contributed by atoms with E-state index in [9.17, 15) is 0 Å². The van der Waals surface area contributed by atoms with E-state index < -0.39 is 0 Å². The molecule has 0 radical (unpaired) electrons. The van der Waals surface area contributed by atoms with E-state index in [4.69, 9.17) is 0 Å². The van der Waals surface area contributed by atoms with Crippen LogP contribution in [0.15, 0.2) is 18.7 Å². The third-order valence-corrected chi connectivity index (χ3v) is 4.24. The van der Waals surface area contributed by atoms with Crippen molar-refractivity contribution in [1.82, 2.24) is 29.5 Å². The van der Waals surface area contributed by atoms with Crippen LogP contribution in [0.3, 0.4) is 0 Å². The lowest BCUT2D eigenvalue weighted by Gasteiger charge is -2.23. The lowest BCUT2D eigenvalue weighted by molar-refractivity contribution is 0.460. The summed E-state index contributed by atoms with van der Waals surface area (Å²) in [6.45, 7) is 4.91. The molecule has 3 aromatic heterocycles. The molecule has 0 saturated carbocycles. The standard InChI is InChI=1S/C15H16N6/c1-9-10(2)20-15-14(19-9)13(17-8-18-15)11-3-5-21-6-4-16-12(21)7-11/h4,6,8,11H,3,5,7H2,1-2H3. The SMILES string of the molecule is Cc1nc2ncnc(C3CCn4ccnc4C3)c2nc1C. The van der Waals surface area contributed by atoms with E-state index in [1.165, 1.54) is 0 Å². The van der Waals surface area contributed by atoms with E-state index >= 15 is 0 Å². The molecule has 6 nitrogen and oxygen atoms in total. The largest absolute Gasteiger partial charge is 0.335 e. The van der Waals surface area contributed by atoms with Crippen molar-refractivity contribution >= 4 is 11.2 Å². The summed E-state index contributed by atoms with van der Waals surface area (Å²) in [6.07, 6.45) is 7.44. The molecule has 1 unspecified atom stereocenters. The number of imidazole rings is 1. The van der Waals surface area contributed by atoms with E-state index in [-0.39, 0.29) is 0 Å². The second kappa shape index (κ2) is 4.58. The lowest BCUT2D eigenvalue weighted by Crippen LogP contribution is -2.19. The van der Waals surface area contributed by atoms with Crippen LogP contribution >= 0.6 is 0 Å². The van der Waals surface area contributed by atoms with Crippen LogP contribution in [0.4, 0.5) is 0 Å². The minimum absolute atomic E-state index is 0.335. The summed E-state index contributed by atoms with van der Waals surface area (Å²) in [5, 5.41) is 0. The summed E-state index contributed by atoms with van der Waals surface area (Å²) >= 11 is 0. The van der Waals surface area contributed by atoms with Crippen LogP contribution in [0.1, 0.15) is 35.2 Å². The van der Waals surface area contributed by atoms with Crippen LogP contribution in [0, 0.1) is 13.8 Å². The summed E-state index contributed by atoms with van der Waals surface area (Å²) < 4.78 is 2.21. The first-order valence-corrected chi connectivity index (χ1v) is 7.18. The molecule has 4 rings (SSSR count). The second-order valence-corrected chi connectivity index (χ2v) is 5.55. The number of nitrogens with zero attached hydrogens (tertiary/aromatic N) is 6. The Hall–Kier alpha value is -2.37. The van der Waals surface area contributed by atoms with Crippen molar-refractivity contribution in [3.8, 4) is 0 Å². The van der Waals surface area contributed by atoms with Crippen molar-refractivity contribution in [2.75, 3.05) is 0 Å². The molecule has 0 bridgehead atoms. The third-order valence-electron chi connectivity index (χ3n) is 4.24. The van der Waals surface area contributed by atoms with Gasteiger partial charge in [0, 0.05) is 31.3 Å². The molecular weight excluding hydrogens is 264 g/mol. The van der Waals surface area contributed by atoms with Crippen molar-refractivity contribution in [1.29, 1.82) is 0 Å². The lowest BCUT2D eigenvalue weighted by atomic mass is 9.93. The first-order chi connectivity index (χ1) is 10.2. The van der Waals surface area contributed by atoms with Gasteiger partial charge in [0.05, 0.1) is 17.1 Å². The Morgan fingerprint density at radius 1 is 1.10 bits per heavy atom. The van der Waals surface area contributed by atoms with E-state index in [0.29, 0.717) is 11.6 Å². The molecule has 0 N–H and O–H groups in total. The average Bonchev–Trinajstić information content (AvgIpc) is 2.95. The molecule has 0 amide bonds. The number of hydrogen-bond donors (Lipinski definition) is 0. The van der Waals surface area contributed by atoms with Crippen molar-refractivity contribution in [3.05, 3.63) is 41.6 Å². The van der Waals surface area contributed by atoms with Gasteiger partial charge in [-0.25, -0.2) is 24.9 Å². The monoisotopic (exact) mass is 280 g/mol. The first kappa shape index (κ1) is 12.4. The van der Waals surface area contributed by atoms with Crippen LogP contribution in [0.5, 0.6) is 0 Å². The fourth-order valence-corrected chi connectivity index (χ4v) is 2.94. The Labute approximate surface area is 122 Å². The Bertz CT molecular complexity index is 822. The van der Waals surface area contributed by atoms with E-state index in [2.05, 4.69) is 29.5 Å². The van der Waals surface area contributed by atoms with Crippen LogP contribution in [0.25, 0.3) is 11.2 Å². The molecule has 0 saturated heterocycles. The number of aryl methyl sites for hydroxylation is 3. The molecule has 1 atom stereocenters. The summed E-state index contributed by atoms with van der Waals surface area (Å²) in [6, 6.07) is 0. The quantitative estimate of drug-likeness (QED) is 0.681. The molecule has 3 aromatic rings. The minimum atomic E-state index is 0.335. The van der Waals surface area contributed by atoms with Crippen molar-refractivity contribution in [2.45, 2.75) is 39.2 Å². The van der Waals surface area contributed by atoms with Gasteiger partial charge in [-0.1, -0.05) is 0 Å². The molecule has 1 aliphatic rings. The number of aromatic nitrogens is 6. The smallest absolute Gasteiger partial charge is 0.181 e. The third kappa shape index (κ3) is 1.98. The Morgan fingerprint density at radius 2 is 1.95 bits per heavy atom. The van der Waals surface area contributed by atoms with Gasteiger partial charge >= 0.3 is 0 Å². The summed E-state index contributed by atoms with van der Waals surface area (Å²) in [5.41, 5.74) is 4.40. The van der Waals surface area contributed by atoms with Gasteiger partial charge < -0.3 is 4.57 Å². The van der Waals surface area contributed by atoms with Gasteiger partial charge in [0.2, 0.25) is 0 Å². The molecule has 106 valence electrons. The van der Waals surface area contributed by atoms with Crippen molar-refractivity contribution in [2.24, 2.45) is 0 Å². The number of hydrogen-bond acceptors (Lipinski definition) is 5. The molecule has 6 heteroatoms. The maximum atomic E-state index is 4.68. The Balaban J connectivity index is 1.82. The predicted molar refractivity (Wildman–Crippen MR) is 77.9 cm³/mol. The second-order valence-electron chi connectivity index (χ2n) is 5.55. The van der Waals surface area contributed by atoms with Gasteiger partial charge in [-0.15, -0.1) is 0 Å². The minimum Gasteiger partial charge on any atom is -0.335 e. The van der Waals surface area contributed by atoms with Crippen molar-refractivity contribution < 1.29 is 0 Å². The fourth-order valence-electron chi connectivity index (χ4n) is 2.94. The van der Waals surface area contributed by atoms with E-state index in [0.717, 1.165) is 47.8 Å². The molecule has 0 fully saturated rings. The van der Waals surface area contributed by atoms with Gasteiger partial charge in [-0.05, 0) is 20.3 Å². The van der Waals surface area contributed by atoms with Crippen LogP contribution in [-0.2, 0) is 13.0 Å². The highest BCUT2D eigenvalue weighted by Gasteiger charge is 2.24. The molecule has 0 spiro atoms. The van der Waals surface area contributed by atoms with Gasteiger partial charge in [0.15, 0.2) is 5.65 Å². The van der Waals surface area contributed by atoms with Crippen LogP contribution in [-0.4, -0.2) is 29.5 Å². The number of fused-ring (bicyclic) bond motifs is 2. The van der Waals surface area contributed by atoms with Crippen LogP contribution in [0.2, 0.25) is 0 Å². The highest BCUT2D eigenvalue weighted by Crippen LogP contribution is 2.30. The molecule has 4 heterocycles.